The Hall–Kier alpha value is -2.19. The number of hydrogen-bond donors (Lipinski definition) is 1. The lowest BCUT2D eigenvalue weighted by Crippen LogP contribution is -2.13. The van der Waals surface area contributed by atoms with E-state index in [0.717, 1.165) is 12.1 Å². The van der Waals surface area contributed by atoms with Crippen molar-refractivity contribution in [2.45, 2.75) is 4.90 Å². The quantitative estimate of drug-likeness (QED) is 0.788. The number of sulfonamides is 1. The molecule has 0 aliphatic rings. The molecule has 1 aromatic carbocycles. The van der Waals surface area contributed by atoms with Gasteiger partial charge in [0.1, 0.15) is 12.4 Å². The molecule has 0 fully saturated rings. The molecular weight excluding hydrogens is 311 g/mol. The van der Waals surface area contributed by atoms with E-state index in [2.05, 4.69) is 9.71 Å². The number of rotatable bonds is 7. The Morgan fingerprint density at radius 1 is 1.14 bits per heavy atom. The van der Waals surface area contributed by atoms with E-state index in [1.807, 2.05) is 0 Å². The number of aromatic nitrogens is 1. The van der Waals surface area contributed by atoms with Crippen molar-refractivity contribution in [2.24, 2.45) is 0 Å². The first-order chi connectivity index (χ1) is 10.5. The predicted molar refractivity (Wildman–Crippen MR) is 78.8 cm³/mol. The van der Waals surface area contributed by atoms with Gasteiger partial charge in [0.2, 0.25) is 5.88 Å². The van der Waals surface area contributed by atoms with Crippen molar-refractivity contribution >= 4 is 15.7 Å². The normalized spacial score (nSPS) is 11.2. The van der Waals surface area contributed by atoms with Crippen molar-refractivity contribution in [1.82, 2.24) is 4.98 Å². The van der Waals surface area contributed by atoms with E-state index in [4.69, 9.17) is 9.47 Å². The van der Waals surface area contributed by atoms with E-state index < -0.39 is 15.8 Å². The standard InChI is InChI=1S/C14H15FN2O4S/c1-20-8-9-21-14-7-4-12(10-16-14)17-22(18,19)13-5-2-11(15)3-6-13/h2-7,10,17H,8-9H2,1H3. The van der Waals surface area contributed by atoms with Gasteiger partial charge in [0.15, 0.2) is 0 Å². The average Bonchev–Trinajstić information content (AvgIpc) is 2.49. The van der Waals surface area contributed by atoms with Gasteiger partial charge in [-0.3, -0.25) is 4.72 Å². The van der Waals surface area contributed by atoms with Gasteiger partial charge in [-0.25, -0.2) is 17.8 Å². The minimum absolute atomic E-state index is 0.0330. The van der Waals surface area contributed by atoms with Crippen LogP contribution in [-0.2, 0) is 14.8 Å². The first-order valence-electron chi connectivity index (χ1n) is 6.37. The third kappa shape index (κ3) is 4.40. The number of benzene rings is 1. The van der Waals surface area contributed by atoms with Crippen LogP contribution in [0.4, 0.5) is 10.1 Å². The first-order valence-corrected chi connectivity index (χ1v) is 7.86. The summed E-state index contributed by atoms with van der Waals surface area (Å²) in [5.74, 6) is -0.139. The summed E-state index contributed by atoms with van der Waals surface area (Å²) in [5.41, 5.74) is 0.281. The minimum Gasteiger partial charge on any atom is -0.475 e. The molecule has 0 aliphatic carbocycles. The second-order valence-corrected chi connectivity index (χ2v) is 5.97. The third-order valence-corrected chi connectivity index (χ3v) is 4.05. The lowest BCUT2D eigenvalue weighted by Gasteiger charge is -2.09. The van der Waals surface area contributed by atoms with E-state index in [0.29, 0.717) is 19.1 Å². The van der Waals surface area contributed by atoms with Crippen LogP contribution in [0.15, 0.2) is 47.5 Å². The highest BCUT2D eigenvalue weighted by atomic mass is 32.2. The molecule has 0 unspecified atom stereocenters. The Kier molecular flexibility index (Phi) is 5.29. The van der Waals surface area contributed by atoms with Gasteiger partial charge in [0, 0.05) is 13.2 Å². The lowest BCUT2D eigenvalue weighted by molar-refractivity contribution is 0.144. The second kappa shape index (κ2) is 7.19. The fourth-order valence-corrected chi connectivity index (χ4v) is 2.63. The number of nitrogens with one attached hydrogen (secondary N) is 1. The van der Waals surface area contributed by atoms with Crippen LogP contribution in [0.1, 0.15) is 0 Å². The van der Waals surface area contributed by atoms with Crippen molar-refractivity contribution in [2.75, 3.05) is 25.0 Å². The summed E-state index contributed by atoms with van der Waals surface area (Å²) in [6.45, 7) is 0.783. The van der Waals surface area contributed by atoms with Gasteiger partial charge in [0.05, 0.1) is 23.4 Å². The van der Waals surface area contributed by atoms with Crippen molar-refractivity contribution in [1.29, 1.82) is 0 Å². The van der Waals surface area contributed by atoms with Gasteiger partial charge in [-0.2, -0.15) is 0 Å². The molecule has 0 amide bonds. The van der Waals surface area contributed by atoms with Crippen molar-refractivity contribution in [3.05, 3.63) is 48.4 Å². The number of pyridine rings is 1. The monoisotopic (exact) mass is 326 g/mol. The molecule has 0 radical (unpaired) electrons. The zero-order valence-electron chi connectivity index (χ0n) is 11.8. The maximum Gasteiger partial charge on any atom is 0.261 e. The van der Waals surface area contributed by atoms with E-state index in [1.165, 1.54) is 30.5 Å². The van der Waals surface area contributed by atoms with Crippen molar-refractivity contribution in [3.63, 3.8) is 0 Å². The highest BCUT2D eigenvalue weighted by Gasteiger charge is 2.14. The van der Waals surface area contributed by atoms with Crippen LogP contribution in [0, 0.1) is 5.82 Å². The number of halogens is 1. The Morgan fingerprint density at radius 2 is 1.86 bits per heavy atom. The van der Waals surface area contributed by atoms with Crippen LogP contribution in [0.3, 0.4) is 0 Å². The summed E-state index contributed by atoms with van der Waals surface area (Å²) < 4.78 is 49.5. The molecule has 0 bridgehead atoms. The molecule has 118 valence electrons. The predicted octanol–water partition coefficient (Wildman–Crippen LogP) is 2.05. The fourth-order valence-electron chi connectivity index (χ4n) is 1.58. The maximum absolute atomic E-state index is 12.8. The molecule has 1 heterocycles. The van der Waals surface area contributed by atoms with Crippen LogP contribution in [0.25, 0.3) is 0 Å². The van der Waals surface area contributed by atoms with Crippen LogP contribution < -0.4 is 9.46 Å². The van der Waals surface area contributed by atoms with Gasteiger partial charge in [0.25, 0.3) is 10.0 Å². The van der Waals surface area contributed by atoms with Gasteiger partial charge < -0.3 is 9.47 Å². The molecule has 0 saturated heterocycles. The molecule has 2 rings (SSSR count). The maximum atomic E-state index is 12.8. The summed E-state index contributed by atoms with van der Waals surface area (Å²) in [5, 5.41) is 0. The Labute approximate surface area is 128 Å². The van der Waals surface area contributed by atoms with Gasteiger partial charge >= 0.3 is 0 Å². The van der Waals surface area contributed by atoms with Crippen LogP contribution >= 0.6 is 0 Å². The first kappa shape index (κ1) is 16.2. The molecule has 0 spiro atoms. The van der Waals surface area contributed by atoms with Gasteiger partial charge in [-0.05, 0) is 30.3 Å². The zero-order chi connectivity index (χ0) is 16.0. The molecule has 0 atom stereocenters. The number of ether oxygens (including phenoxy) is 2. The summed E-state index contributed by atoms with van der Waals surface area (Å²) >= 11 is 0. The Balaban J connectivity index is 2.05. The van der Waals surface area contributed by atoms with Crippen LogP contribution in [-0.4, -0.2) is 33.7 Å². The van der Waals surface area contributed by atoms with Crippen molar-refractivity contribution in [3.8, 4) is 5.88 Å². The Bertz CT molecular complexity index is 703. The topological polar surface area (TPSA) is 77.5 Å². The van der Waals surface area contributed by atoms with Gasteiger partial charge in [-0.15, -0.1) is 0 Å². The summed E-state index contributed by atoms with van der Waals surface area (Å²) in [7, 11) is -2.22. The molecule has 2 aromatic rings. The fraction of sp³-hybridized carbons (Fsp3) is 0.214. The number of anilines is 1. The summed E-state index contributed by atoms with van der Waals surface area (Å²) in [6, 6.07) is 7.61. The number of nitrogens with zero attached hydrogens (tertiary/aromatic N) is 1. The average molecular weight is 326 g/mol. The minimum atomic E-state index is -3.78. The third-order valence-electron chi connectivity index (χ3n) is 2.65. The molecule has 1 aromatic heterocycles. The summed E-state index contributed by atoms with van der Waals surface area (Å²) in [4.78, 5) is 3.94. The smallest absolute Gasteiger partial charge is 0.261 e. The highest BCUT2D eigenvalue weighted by Crippen LogP contribution is 2.17. The largest absolute Gasteiger partial charge is 0.475 e. The SMILES string of the molecule is COCCOc1ccc(NS(=O)(=O)c2ccc(F)cc2)cn1. The molecule has 8 heteroatoms. The van der Waals surface area contributed by atoms with E-state index >= 15 is 0 Å². The molecule has 1 N–H and O–H groups in total. The van der Waals surface area contributed by atoms with E-state index in [1.54, 1.807) is 7.11 Å². The number of methoxy groups -OCH3 is 1. The van der Waals surface area contributed by atoms with Crippen LogP contribution in [0.2, 0.25) is 0 Å². The molecular formula is C14H15FN2O4S. The molecule has 22 heavy (non-hydrogen) atoms. The van der Waals surface area contributed by atoms with Gasteiger partial charge in [-0.1, -0.05) is 0 Å². The van der Waals surface area contributed by atoms with Crippen molar-refractivity contribution < 1.29 is 22.3 Å². The Morgan fingerprint density at radius 3 is 2.45 bits per heavy atom. The van der Waals surface area contributed by atoms with Crippen LogP contribution in [0.5, 0.6) is 5.88 Å². The second-order valence-electron chi connectivity index (χ2n) is 4.29. The number of hydrogen-bond acceptors (Lipinski definition) is 5. The lowest BCUT2D eigenvalue weighted by atomic mass is 10.4. The van der Waals surface area contributed by atoms with E-state index in [-0.39, 0.29) is 10.6 Å². The summed E-state index contributed by atoms with van der Waals surface area (Å²) in [6.07, 6.45) is 1.34. The zero-order valence-corrected chi connectivity index (χ0v) is 12.6. The molecule has 0 aliphatic heterocycles. The van der Waals surface area contributed by atoms with E-state index in [9.17, 15) is 12.8 Å². The highest BCUT2D eigenvalue weighted by molar-refractivity contribution is 7.92. The molecule has 0 saturated carbocycles. The molecule has 6 nitrogen and oxygen atoms in total.